The Morgan fingerprint density at radius 3 is 2.65 bits per heavy atom. The van der Waals surface area contributed by atoms with E-state index in [0.29, 0.717) is 23.6 Å². The molecule has 1 aromatic heterocycles. The van der Waals surface area contributed by atoms with Gasteiger partial charge >= 0.3 is 0 Å². The number of rotatable bonds is 10. The van der Waals surface area contributed by atoms with Gasteiger partial charge in [-0.3, -0.25) is 4.79 Å². The van der Waals surface area contributed by atoms with Crippen LogP contribution in [0.3, 0.4) is 0 Å². The largest absolute Gasteiger partial charge is 0.372 e. The summed E-state index contributed by atoms with van der Waals surface area (Å²) in [4.78, 5) is 14.0. The highest BCUT2D eigenvalue weighted by atomic mass is 32.2. The fraction of sp³-hybridized carbons (Fsp3) is 0.421. The molecule has 6 nitrogen and oxygen atoms in total. The van der Waals surface area contributed by atoms with Crippen molar-refractivity contribution in [2.24, 2.45) is 5.92 Å². The molecule has 2 aromatic rings. The van der Waals surface area contributed by atoms with Gasteiger partial charge in [-0.25, -0.2) is 8.42 Å². The summed E-state index contributed by atoms with van der Waals surface area (Å²) in [6.45, 7) is 1.86. The predicted molar refractivity (Wildman–Crippen MR) is 99.6 cm³/mol. The van der Waals surface area contributed by atoms with E-state index in [1.807, 2.05) is 6.07 Å². The zero-order valence-corrected chi connectivity index (χ0v) is 15.4. The van der Waals surface area contributed by atoms with Crippen molar-refractivity contribution in [3.63, 3.8) is 0 Å². The van der Waals surface area contributed by atoms with E-state index in [1.54, 1.807) is 30.5 Å². The van der Waals surface area contributed by atoms with Gasteiger partial charge < -0.3 is 15.0 Å². The van der Waals surface area contributed by atoms with Crippen LogP contribution >= 0.6 is 0 Å². The van der Waals surface area contributed by atoms with E-state index < -0.39 is 9.84 Å². The molecule has 2 N–H and O–H groups in total. The molecule has 1 fully saturated rings. The molecule has 1 aliphatic rings. The first-order valence-electron chi connectivity index (χ1n) is 8.81. The first-order valence-corrected chi connectivity index (χ1v) is 10.5. The number of H-pyrrole nitrogens is 1. The molecule has 7 heteroatoms. The van der Waals surface area contributed by atoms with Crippen molar-refractivity contribution in [1.82, 2.24) is 10.3 Å². The first kappa shape index (κ1) is 18.8. The van der Waals surface area contributed by atoms with Crippen LogP contribution < -0.4 is 10.9 Å². The lowest BCUT2D eigenvalue weighted by atomic mass is 10.2. The number of hydrogen-bond acceptors (Lipinski definition) is 5. The van der Waals surface area contributed by atoms with Crippen molar-refractivity contribution < 1.29 is 13.2 Å². The Bertz CT molecular complexity index is 868. The van der Waals surface area contributed by atoms with Crippen molar-refractivity contribution in [2.75, 3.05) is 18.8 Å². The van der Waals surface area contributed by atoms with Crippen molar-refractivity contribution in [1.29, 1.82) is 0 Å². The minimum atomic E-state index is -3.36. The molecule has 1 aromatic carbocycles. The summed E-state index contributed by atoms with van der Waals surface area (Å²) in [6, 6.07) is 10.1. The number of benzene rings is 1. The maximum Gasteiger partial charge on any atom is 0.247 e. The van der Waals surface area contributed by atoms with E-state index >= 15 is 0 Å². The van der Waals surface area contributed by atoms with Crippen molar-refractivity contribution in [3.05, 3.63) is 64.1 Å². The zero-order valence-electron chi connectivity index (χ0n) is 14.6. The summed E-state index contributed by atoms with van der Waals surface area (Å²) < 4.78 is 30.9. The lowest BCUT2D eigenvalue weighted by molar-refractivity contribution is 0.105. The topological polar surface area (TPSA) is 88.3 Å². The normalized spacial score (nSPS) is 14.5. The molecule has 0 unspecified atom stereocenters. The van der Waals surface area contributed by atoms with Crippen LogP contribution in [-0.4, -0.2) is 32.2 Å². The highest BCUT2D eigenvalue weighted by Gasteiger charge is 2.22. The van der Waals surface area contributed by atoms with Gasteiger partial charge in [0, 0.05) is 18.8 Å². The molecule has 1 aliphatic carbocycles. The van der Waals surface area contributed by atoms with Gasteiger partial charge in [0.05, 0.1) is 23.9 Å². The van der Waals surface area contributed by atoms with Crippen molar-refractivity contribution in [3.8, 4) is 0 Å². The van der Waals surface area contributed by atoms with Crippen LogP contribution in [0.25, 0.3) is 0 Å². The van der Waals surface area contributed by atoms with Crippen LogP contribution in [0.15, 0.2) is 52.3 Å². The summed E-state index contributed by atoms with van der Waals surface area (Å²) in [6.07, 6.45) is 4.08. The monoisotopic (exact) mass is 376 g/mol. The van der Waals surface area contributed by atoms with Crippen LogP contribution in [0.5, 0.6) is 0 Å². The number of aromatic nitrogens is 1. The van der Waals surface area contributed by atoms with Crippen LogP contribution in [0.1, 0.15) is 24.0 Å². The number of pyridine rings is 1. The Morgan fingerprint density at radius 1 is 1.12 bits per heavy atom. The quantitative estimate of drug-likeness (QED) is 0.618. The number of ether oxygens (including phenoxy) is 1. The Hall–Kier alpha value is -1.96. The highest BCUT2D eigenvalue weighted by molar-refractivity contribution is 7.91. The Kier molecular flexibility index (Phi) is 6.24. The molecule has 140 valence electrons. The van der Waals surface area contributed by atoms with Gasteiger partial charge in [-0.05, 0) is 48.6 Å². The average molecular weight is 376 g/mol. The third kappa shape index (κ3) is 5.52. The molecule has 0 amide bonds. The Morgan fingerprint density at radius 2 is 1.92 bits per heavy atom. The molecule has 0 bridgehead atoms. The zero-order chi connectivity index (χ0) is 18.4. The predicted octanol–water partition coefficient (Wildman–Crippen LogP) is 1.86. The molecule has 1 saturated carbocycles. The van der Waals surface area contributed by atoms with E-state index in [9.17, 15) is 13.2 Å². The Balaban J connectivity index is 1.57. The Labute approximate surface area is 153 Å². The number of hydrogen-bond donors (Lipinski definition) is 2. The molecule has 0 spiro atoms. The lowest BCUT2D eigenvalue weighted by Gasteiger charge is -2.11. The second kappa shape index (κ2) is 8.62. The van der Waals surface area contributed by atoms with Gasteiger partial charge in [-0.2, -0.15) is 0 Å². The first-order chi connectivity index (χ1) is 12.5. The van der Waals surface area contributed by atoms with E-state index in [0.717, 1.165) is 18.0 Å². The summed E-state index contributed by atoms with van der Waals surface area (Å²) in [5.74, 6) is 0.808. The summed E-state index contributed by atoms with van der Waals surface area (Å²) in [7, 11) is -3.36. The minimum Gasteiger partial charge on any atom is -0.372 e. The third-order valence-electron chi connectivity index (χ3n) is 4.36. The highest BCUT2D eigenvalue weighted by Crippen LogP contribution is 2.27. The SMILES string of the molecule is O=c1ccc(COCc2ccccc2S(=O)(=O)CCNCC2CC2)c[nH]1. The van der Waals surface area contributed by atoms with Crippen LogP contribution in [0.2, 0.25) is 0 Å². The van der Waals surface area contributed by atoms with Gasteiger partial charge in [0.25, 0.3) is 0 Å². The number of nitrogens with one attached hydrogen (secondary N) is 2. The molecule has 26 heavy (non-hydrogen) atoms. The second-order valence-electron chi connectivity index (χ2n) is 6.63. The smallest absolute Gasteiger partial charge is 0.247 e. The average Bonchev–Trinajstić information content (AvgIpc) is 3.45. The number of sulfone groups is 1. The minimum absolute atomic E-state index is 0.0800. The molecular formula is C19H24N2O4S. The van der Waals surface area contributed by atoms with Crippen LogP contribution in [-0.2, 0) is 27.8 Å². The van der Waals surface area contributed by atoms with Gasteiger partial charge in [-0.1, -0.05) is 18.2 Å². The molecule has 0 radical (unpaired) electrons. The standard InChI is InChI=1S/C19H24N2O4S/c22-19-8-7-16(12-21-19)13-25-14-17-3-1-2-4-18(17)26(23,24)10-9-20-11-15-5-6-15/h1-4,7-8,12,15,20H,5-6,9-11,13-14H2,(H,21,22). The maximum absolute atomic E-state index is 12.6. The molecule has 0 saturated heterocycles. The summed E-state index contributed by atoms with van der Waals surface area (Å²) in [5, 5.41) is 3.22. The number of aromatic amines is 1. The van der Waals surface area contributed by atoms with Crippen LogP contribution in [0, 0.1) is 5.92 Å². The lowest BCUT2D eigenvalue weighted by Crippen LogP contribution is -2.25. The van der Waals surface area contributed by atoms with E-state index in [1.165, 1.54) is 18.9 Å². The molecule has 3 rings (SSSR count). The molecule has 0 atom stereocenters. The van der Waals surface area contributed by atoms with Crippen LogP contribution in [0.4, 0.5) is 0 Å². The van der Waals surface area contributed by atoms with E-state index in [2.05, 4.69) is 10.3 Å². The maximum atomic E-state index is 12.6. The van der Waals surface area contributed by atoms with Crippen molar-refractivity contribution >= 4 is 9.84 Å². The fourth-order valence-electron chi connectivity index (χ4n) is 2.68. The molecule has 1 heterocycles. The molecule has 0 aliphatic heterocycles. The van der Waals surface area contributed by atoms with E-state index in [-0.39, 0.29) is 17.9 Å². The second-order valence-corrected chi connectivity index (χ2v) is 8.71. The molecular weight excluding hydrogens is 352 g/mol. The van der Waals surface area contributed by atoms with Gasteiger partial charge in [0.1, 0.15) is 0 Å². The van der Waals surface area contributed by atoms with Gasteiger partial charge in [0.2, 0.25) is 5.56 Å². The third-order valence-corrected chi connectivity index (χ3v) is 6.17. The summed E-state index contributed by atoms with van der Waals surface area (Å²) in [5.41, 5.74) is 1.31. The van der Waals surface area contributed by atoms with E-state index in [4.69, 9.17) is 4.74 Å². The fourth-order valence-corrected chi connectivity index (χ4v) is 4.13. The van der Waals surface area contributed by atoms with Crippen molar-refractivity contribution in [2.45, 2.75) is 31.0 Å². The van der Waals surface area contributed by atoms with Gasteiger partial charge in [0.15, 0.2) is 9.84 Å². The summed E-state index contributed by atoms with van der Waals surface area (Å²) >= 11 is 0. The van der Waals surface area contributed by atoms with Gasteiger partial charge in [-0.15, -0.1) is 0 Å².